The molecule has 250 valence electrons. The second-order valence-electron chi connectivity index (χ2n) is 10.4. The molecule has 0 fully saturated rings. The molecule has 11 nitrogen and oxygen atoms in total. The highest BCUT2D eigenvalue weighted by atomic mass is 35.5. The van der Waals surface area contributed by atoms with Crippen LogP contribution in [-0.2, 0) is 26.2 Å². The minimum atomic E-state index is -4.47. The van der Waals surface area contributed by atoms with Gasteiger partial charge in [-0.15, -0.1) is 0 Å². The summed E-state index contributed by atoms with van der Waals surface area (Å²) in [5.41, 5.74) is 0.653. The summed E-state index contributed by atoms with van der Waals surface area (Å²) in [6.07, 6.45) is 0.955. The van der Waals surface area contributed by atoms with E-state index in [0.717, 1.165) is 4.31 Å². The second kappa shape index (κ2) is 16.4. The lowest BCUT2D eigenvalue weighted by Crippen LogP contribution is -2.53. The van der Waals surface area contributed by atoms with Crippen molar-refractivity contribution < 1.29 is 37.0 Å². The van der Waals surface area contributed by atoms with Crippen LogP contribution in [0.25, 0.3) is 0 Å². The monoisotopic (exact) mass is 675 g/mol. The molecular formula is C33H42ClN3O8S. The van der Waals surface area contributed by atoms with Crippen LogP contribution in [0.3, 0.4) is 0 Å². The van der Waals surface area contributed by atoms with E-state index in [1.54, 1.807) is 43.3 Å². The number of halogens is 1. The average Bonchev–Trinajstić information content (AvgIpc) is 3.06. The summed E-state index contributed by atoms with van der Waals surface area (Å²) in [6, 6.07) is 14.7. The first-order chi connectivity index (χ1) is 21.9. The molecule has 0 spiro atoms. The Hall–Kier alpha value is -4.16. The fourth-order valence-corrected chi connectivity index (χ4v) is 6.41. The largest absolute Gasteiger partial charge is 0.497 e. The van der Waals surface area contributed by atoms with E-state index in [0.29, 0.717) is 28.5 Å². The predicted molar refractivity (Wildman–Crippen MR) is 178 cm³/mol. The van der Waals surface area contributed by atoms with Gasteiger partial charge in [0.25, 0.3) is 10.0 Å². The van der Waals surface area contributed by atoms with Gasteiger partial charge >= 0.3 is 0 Å². The van der Waals surface area contributed by atoms with E-state index in [-0.39, 0.29) is 47.0 Å². The summed E-state index contributed by atoms with van der Waals surface area (Å²) in [4.78, 5) is 29.2. The maximum atomic E-state index is 14.5. The Kier molecular flexibility index (Phi) is 13.0. The maximum absolute atomic E-state index is 14.5. The molecule has 0 aliphatic heterocycles. The fraction of sp³-hybridized carbons (Fsp3) is 0.394. The van der Waals surface area contributed by atoms with Crippen LogP contribution in [0.2, 0.25) is 5.02 Å². The minimum absolute atomic E-state index is 0.0373. The summed E-state index contributed by atoms with van der Waals surface area (Å²) >= 11 is 6.49. The summed E-state index contributed by atoms with van der Waals surface area (Å²) in [7, 11) is 1.20. The highest BCUT2D eigenvalue weighted by Gasteiger charge is 2.36. The van der Waals surface area contributed by atoms with Gasteiger partial charge in [-0.25, -0.2) is 8.42 Å². The van der Waals surface area contributed by atoms with Crippen molar-refractivity contribution in [3.63, 3.8) is 0 Å². The summed E-state index contributed by atoms with van der Waals surface area (Å²) in [5.74, 6) is 0.0260. The zero-order valence-electron chi connectivity index (χ0n) is 27.2. The summed E-state index contributed by atoms with van der Waals surface area (Å²) in [5, 5.41) is 3.36. The average molecular weight is 676 g/mol. The van der Waals surface area contributed by atoms with E-state index in [1.807, 2.05) is 13.8 Å². The number of methoxy groups -OCH3 is 4. The normalized spacial score (nSPS) is 12.4. The number of nitrogens with zero attached hydrogens (tertiary/aromatic N) is 2. The van der Waals surface area contributed by atoms with E-state index >= 15 is 0 Å². The smallest absolute Gasteiger partial charge is 0.265 e. The Morgan fingerprint density at radius 1 is 0.848 bits per heavy atom. The van der Waals surface area contributed by atoms with E-state index in [4.69, 9.17) is 30.5 Å². The van der Waals surface area contributed by atoms with E-state index < -0.39 is 28.5 Å². The third kappa shape index (κ3) is 8.35. The van der Waals surface area contributed by atoms with Crippen molar-refractivity contribution in [1.29, 1.82) is 0 Å². The van der Waals surface area contributed by atoms with Crippen LogP contribution in [0.1, 0.15) is 39.2 Å². The maximum Gasteiger partial charge on any atom is 0.265 e. The van der Waals surface area contributed by atoms with Gasteiger partial charge in [0.15, 0.2) is 11.5 Å². The zero-order chi connectivity index (χ0) is 34.0. The van der Waals surface area contributed by atoms with Gasteiger partial charge in [-0.05, 0) is 55.7 Å². The highest BCUT2D eigenvalue weighted by Crippen LogP contribution is 2.38. The number of amides is 2. The molecule has 1 N–H and O–H groups in total. The molecule has 0 saturated carbocycles. The summed E-state index contributed by atoms with van der Waals surface area (Å²) < 4.78 is 51.5. The number of ether oxygens (including phenoxy) is 4. The van der Waals surface area contributed by atoms with Crippen molar-refractivity contribution in [1.82, 2.24) is 10.2 Å². The minimum Gasteiger partial charge on any atom is -0.497 e. The lowest BCUT2D eigenvalue weighted by atomic mass is 10.1. The Labute approximate surface area is 276 Å². The SMILES string of the molecule is CC[C@H](C(=O)N[C@@H](C)CC)N(Cc1ccccc1Cl)C(=O)CN(c1cc(OC)ccc1OC)S(=O)(=O)c1ccc(OC)c(OC)c1. The Morgan fingerprint density at radius 3 is 2.09 bits per heavy atom. The van der Waals surface area contributed by atoms with Crippen LogP contribution in [0.4, 0.5) is 5.69 Å². The molecule has 0 unspecified atom stereocenters. The molecule has 0 aromatic heterocycles. The van der Waals surface area contributed by atoms with Gasteiger partial charge in [0.1, 0.15) is 24.1 Å². The molecule has 0 saturated heterocycles. The van der Waals surface area contributed by atoms with Crippen LogP contribution in [0.15, 0.2) is 65.6 Å². The number of hydrogen-bond donors (Lipinski definition) is 1. The molecule has 2 amide bonds. The third-order valence-electron chi connectivity index (χ3n) is 7.56. The molecule has 0 aliphatic rings. The van der Waals surface area contributed by atoms with Gasteiger partial charge in [-0.1, -0.05) is 43.6 Å². The number of carbonyl (C=O) groups is 2. The van der Waals surface area contributed by atoms with Crippen molar-refractivity contribution in [3.05, 3.63) is 71.2 Å². The quantitative estimate of drug-likeness (QED) is 0.217. The van der Waals surface area contributed by atoms with Crippen molar-refractivity contribution in [2.24, 2.45) is 0 Å². The fourth-order valence-electron chi connectivity index (χ4n) is 4.78. The Morgan fingerprint density at radius 2 is 1.50 bits per heavy atom. The van der Waals surface area contributed by atoms with Crippen molar-refractivity contribution in [3.8, 4) is 23.0 Å². The van der Waals surface area contributed by atoms with Crippen LogP contribution >= 0.6 is 11.6 Å². The van der Waals surface area contributed by atoms with Crippen LogP contribution in [-0.4, -0.2) is 72.2 Å². The first-order valence-corrected chi connectivity index (χ1v) is 16.6. The molecule has 0 radical (unpaired) electrons. The van der Waals surface area contributed by atoms with Crippen LogP contribution < -0.4 is 28.6 Å². The lowest BCUT2D eigenvalue weighted by molar-refractivity contribution is -0.140. The topological polar surface area (TPSA) is 124 Å². The van der Waals surface area contributed by atoms with Gasteiger partial charge in [0.05, 0.1) is 39.0 Å². The third-order valence-corrected chi connectivity index (χ3v) is 9.69. The van der Waals surface area contributed by atoms with E-state index in [9.17, 15) is 18.0 Å². The second-order valence-corrected chi connectivity index (χ2v) is 12.7. The molecule has 2 atom stereocenters. The van der Waals surface area contributed by atoms with E-state index in [1.165, 1.54) is 57.6 Å². The number of hydrogen-bond acceptors (Lipinski definition) is 8. The molecule has 3 aromatic rings. The molecule has 46 heavy (non-hydrogen) atoms. The van der Waals surface area contributed by atoms with Crippen LogP contribution in [0, 0.1) is 0 Å². The van der Waals surface area contributed by atoms with Gasteiger partial charge in [-0.3, -0.25) is 13.9 Å². The van der Waals surface area contributed by atoms with Gasteiger partial charge in [0, 0.05) is 29.7 Å². The zero-order valence-corrected chi connectivity index (χ0v) is 28.8. The van der Waals surface area contributed by atoms with E-state index in [2.05, 4.69) is 5.32 Å². The van der Waals surface area contributed by atoms with Gasteiger partial charge in [0.2, 0.25) is 11.8 Å². The molecular weight excluding hydrogens is 634 g/mol. The predicted octanol–water partition coefficient (Wildman–Crippen LogP) is 5.29. The lowest BCUT2D eigenvalue weighted by Gasteiger charge is -2.34. The Bertz CT molecular complexity index is 1620. The first-order valence-electron chi connectivity index (χ1n) is 14.8. The number of anilines is 1. The molecule has 3 rings (SSSR count). The number of sulfonamides is 1. The number of rotatable bonds is 16. The van der Waals surface area contributed by atoms with Crippen molar-refractivity contribution >= 4 is 39.1 Å². The summed E-state index contributed by atoms with van der Waals surface area (Å²) in [6.45, 7) is 4.88. The number of benzene rings is 3. The first kappa shape index (κ1) is 36.3. The molecule has 0 bridgehead atoms. The van der Waals surface area contributed by atoms with Gasteiger partial charge in [-0.2, -0.15) is 0 Å². The molecule has 3 aromatic carbocycles. The molecule has 13 heteroatoms. The molecule has 0 aliphatic carbocycles. The highest BCUT2D eigenvalue weighted by molar-refractivity contribution is 7.92. The Balaban J connectivity index is 2.21. The standard InChI is InChI=1S/C33H42ClN3O8S/c1-8-22(3)35-33(39)27(9-2)36(20-23-12-10-11-13-26(23)34)32(38)21-37(28-18-24(42-4)14-16-29(28)43-5)46(40,41)25-15-17-30(44-6)31(19-25)45-7/h10-19,22,27H,8-9,20-21H2,1-7H3,(H,35,39)/t22-,27+/m0/s1. The van der Waals surface area contributed by atoms with Crippen molar-refractivity contribution in [2.75, 3.05) is 39.3 Å². The molecule has 0 heterocycles. The van der Waals surface area contributed by atoms with Crippen molar-refractivity contribution in [2.45, 2.75) is 57.1 Å². The van der Waals surface area contributed by atoms with Gasteiger partial charge < -0.3 is 29.2 Å². The number of carbonyl (C=O) groups excluding carboxylic acids is 2. The number of nitrogens with one attached hydrogen (secondary N) is 1. The van der Waals surface area contributed by atoms with Crippen LogP contribution in [0.5, 0.6) is 23.0 Å².